The van der Waals surface area contributed by atoms with E-state index in [-0.39, 0.29) is 38.4 Å². The van der Waals surface area contributed by atoms with Crippen LogP contribution in [0.5, 0.6) is 0 Å². The van der Waals surface area contributed by atoms with E-state index in [4.69, 9.17) is 15.2 Å². The van der Waals surface area contributed by atoms with Crippen LogP contribution in [0.3, 0.4) is 0 Å². The lowest BCUT2D eigenvalue weighted by Crippen LogP contribution is -2.67. The summed E-state index contributed by atoms with van der Waals surface area (Å²) in [6.07, 6.45) is 13.3. The third-order valence-electron chi connectivity index (χ3n) is 15.1. The van der Waals surface area contributed by atoms with E-state index in [9.17, 15) is 4.79 Å². The number of carbonyl (C=O) groups is 1. The van der Waals surface area contributed by atoms with E-state index in [0.717, 1.165) is 31.4 Å². The van der Waals surface area contributed by atoms with E-state index >= 15 is 4.39 Å². The van der Waals surface area contributed by atoms with E-state index in [2.05, 4.69) is 47.6 Å². The first-order valence-electron chi connectivity index (χ1n) is 16.7. The number of ether oxygens (including phenoxy) is 2. The van der Waals surface area contributed by atoms with E-state index in [1.54, 1.807) is 12.1 Å². The zero-order valence-corrected chi connectivity index (χ0v) is 26.9. The highest BCUT2D eigenvalue weighted by molar-refractivity contribution is 5.90. The number of epoxide rings is 1. The molecule has 4 nitrogen and oxygen atoms in total. The lowest BCUT2D eigenvalue weighted by molar-refractivity contribution is -0.219. The van der Waals surface area contributed by atoms with E-state index in [0.29, 0.717) is 29.6 Å². The largest absolute Gasteiger partial charge is 0.465 e. The molecule has 230 valence electrons. The van der Waals surface area contributed by atoms with Gasteiger partial charge >= 0.3 is 5.97 Å². The van der Waals surface area contributed by atoms with Gasteiger partial charge in [0.15, 0.2) is 0 Å². The first-order chi connectivity index (χ1) is 19.6. The van der Waals surface area contributed by atoms with Crippen molar-refractivity contribution >= 4 is 11.5 Å². The molecule has 2 N–H and O–H groups in total. The van der Waals surface area contributed by atoms with Gasteiger partial charge in [-0.15, -0.1) is 0 Å². The van der Waals surface area contributed by atoms with Gasteiger partial charge in [0.05, 0.1) is 24.9 Å². The van der Waals surface area contributed by atoms with Gasteiger partial charge in [0.25, 0.3) is 0 Å². The summed E-state index contributed by atoms with van der Waals surface area (Å²) < 4.78 is 25.9. The second kappa shape index (κ2) is 8.93. The summed E-state index contributed by atoms with van der Waals surface area (Å²) in [6, 6.07) is 5.05. The summed E-state index contributed by atoms with van der Waals surface area (Å²) >= 11 is 0. The van der Waals surface area contributed by atoms with Crippen molar-refractivity contribution in [3.05, 3.63) is 41.2 Å². The van der Waals surface area contributed by atoms with E-state index in [1.165, 1.54) is 51.2 Å². The summed E-state index contributed by atoms with van der Waals surface area (Å²) in [6.45, 7) is 15.9. The van der Waals surface area contributed by atoms with Crippen LogP contribution in [0.25, 0.3) is 5.57 Å². The Morgan fingerprint density at radius 3 is 2.33 bits per heavy atom. The first-order valence-corrected chi connectivity index (χ1v) is 16.7. The van der Waals surface area contributed by atoms with Crippen LogP contribution in [0.15, 0.2) is 24.3 Å². The summed E-state index contributed by atoms with van der Waals surface area (Å²) in [4.78, 5) is 12.0. The Balaban J connectivity index is 1.23. The molecule has 7 rings (SSSR count). The first kappa shape index (κ1) is 29.0. The lowest BCUT2D eigenvalue weighted by Gasteiger charge is -2.72. The predicted molar refractivity (Wildman–Crippen MR) is 164 cm³/mol. The molecule has 1 aromatic carbocycles. The molecule has 4 saturated carbocycles. The summed E-state index contributed by atoms with van der Waals surface area (Å²) in [5.74, 6) is 1.88. The third kappa shape index (κ3) is 3.62. The second-order valence-electron chi connectivity index (χ2n) is 16.9. The van der Waals surface area contributed by atoms with Crippen LogP contribution in [0.1, 0.15) is 115 Å². The van der Waals surface area contributed by atoms with Crippen LogP contribution in [0.4, 0.5) is 4.39 Å². The molecule has 1 unspecified atom stereocenters. The van der Waals surface area contributed by atoms with Gasteiger partial charge in [-0.2, -0.15) is 0 Å². The summed E-state index contributed by atoms with van der Waals surface area (Å²) in [5.41, 5.74) is 10.1. The van der Waals surface area contributed by atoms with Crippen LogP contribution in [0, 0.1) is 57.1 Å². The van der Waals surface area contributed by atoms with Crippen LogP contribution in [0.2, 0.25) is 0 Å². The molecule has 0 bridgehead atoms. The number of hydrogen-bond acceptors (Lipinski definition) is 4. The smallest absolute Gasteiger partial charge is 0.340 e. The van der Waals surface area contributed by atoms with Crippen LogP contribution < -0.4 is 5.73 Å². The number of benzene rings is 1. The molecule has 42 heavy (non-hydrogen) atoms. The molecule has 0 aromatic heterocycles. The molecule has 10 atom stereocenters. The standard InChI is InChI=1S/C37H52FNO3/c1-32(2)24(22-8-9-23(27(38)20-22)31(40)41-7)12-15-33(3)28(32)14-16-35(5)29(33)11-10-25-30-26(36(6)21-42-36)13-17-37(30,39)19-18-34(25,35)4/h8-9,12,20,25-26,28-30H,10-11,13-19,21,39H2,1-7H3/t25-,26-,28+,29-,30+,33+,34-,35-,36?,37+/m1/s1. The Hall–Kier alpha value is -1.72. The molecular formula is C37H52FNO3. The fourth-order valence-corrected chi connectivity index (χ4v) is 12.7. The van der Waals surface area contributed by atoms with Crippen molar-refractivity contribution in [3.8, 4) is 0 Å². The maximum atomic E-state index is 15.1. The van der Waals surface area contributed by atoms with Crippen molar-refractivity contribution in [1.82, 2.24) is 0 Å². The highest BCUT2D eigenvalue weighted by Gasteiger charge is 2.71. The fraction of sp³-hybridized carbons (Fsp3) is 0.757. The molecule has 5 aliphatic carbocycles. The highest BCUT2D eigenvalue weighted by Crippen LogP contribution is 2.77. The third-order valence-corrected chi connectivity index (χ3v) is 15.1. The van der Waals surface area contributed by atoms with Gasteiger partial charge in [0.2, 0.25) is 0 Å². The van der Waals surface area contributed by atoms with Crippen molar-refractivity contribution < 1.29 is 18.7 Å². The van der Waals surface area contributed by atoms with E-state index < -0.39 is 11.8 Å². The van der Waals surface area contributed by atoms with E-state index in [1.807, 2.05) is 6.07 Å². The second-order valence-corrected chi connectivity index (χ2v) is 16.9. The van der Waals surface area contributed by atoms with Crippen molar-refractivity contribution in [2.45, 2.75) is 110 Å². The van der Waals surface area contributed by atoms with Gasteiger partial charge in [0, 0.05) is 5.54 Å². The van der Waals surface area contributed by atoms with Crippen molar-refractivity contribution in [2.24, 2.45) is 57.0 Å². The van der Waals surface area contributed by atoms with Gasteiger partial charge < -0.3 is 15.2 Å². The Labute approximate surface area is 252 Å². The van der Waals surface area contributed by atoms with Gasteiger partial charge in [-0.3, -0.25) is 0 Å². The molecule has 6 aliphatic rings. The maximum absolute atomic E-state index is 15.1. The molecule has 0 radical (unpaired) electrons. The van der Waals surface area contributed by atoms with Gasteiger partial charge in [-0.1, -0.05) is 46.8 Å². The van der Waals surface area contributed by atoms with Crippen molar-refractivity contribution in [2.75, 3.05) is 13.7 Å². The molecule has 1 aromatic rings. The Kier molecular flexibility index (Phi) is 6.17. The van der Waals surface area contributed by atoms with Crippen LogP contribution in [-0.4, -0.2) is 30.8 Å². The number of allylic oxidation sites excluding steroid dienone is 2. The molecular weight excluding hydrogens is 525 g/mol. The Morgan fingerprint density at radius 1 is 0.929 bits per heavy atom. The molecule has 5 heteroatoms. The molecule has 0 spiro atoms. The van der Waals surface area contributed by atoms with Gasteiger partial charge in [0.1, 0.15) is 5.82 Å². The van der Waals surface area contributed by atoms with Crippen molar-refractivity contribution in [1.29, 1.82) is 0 Å². The number of rotatable bonds is 3. The molecule has 1 aliphatic heterocycles. The van der Waals surface area contributed by atoms with Gasteiger partial charge in [-0.05, 0) is 139 Å². The summed E-state index contributed by atoms with van der Waals surface area (Å²) in [7, 11) is 1.29. The fourth-order valence-electron chi connectivity index (χ4n) is 12.7. The maximum Gasteiger partial charge on any atom is 0.340 e. The Bertz CT molecular complexity index is 1350. The minimum absolute atomic E-state index is 0.000496. The number of hydrogen-bond donors (Lipinski definition) is 1. The Morgan fingerprint density at radius 2 is 1.67 bits per heavy atom. The number of carbonyl (C=O) groups excluding carboxylic acids is 1. The number of methoxy groups -OCH3 is 1. The van der Waals surface area contributed by atoms with Crippen molar-refractivity contribution in [3.63, 3.8) is 0 Å². The minimum atomic E-state index is -0.628. The van der Waals surface area contributed by atoms with Crippen LogP contribution in [-0.2, 0) is 9.47 Å². The molecule has 1 heterocycles. The zero-order valence-electron chi connectivity index (χ0n) is 26.9. The predicted octanol–water partition coefficient (Wildman–Crippen LogP) is 8.19. The average molecular weight is 578 g/mol. The zero-order chi connectivity index (χ0) is 30.1. The van der Waals surface area contributed by atoms with Crippen LogP contribution >= 0.6 is 0 Å². The SMILES string of the molecule is COC(=O)c1ccc(C2=CC[C@]3(C)[C@H]4CC[C@@H]5[C@H]6[C@H](C7(C)CO7)CC[C@]6(N)CC[C@@]5(C)[C@]4(C)CC[C@H]3C2(C)C)cc1F. The molecule has 1 saturated heterocycles. The number of fused-ring (bicyclic) bond motifs is 7. The monoisotopic (exact) mass is 577 g/mol. The topological polar surface area (TPSA) is 64.8 Å². The quantitative estimate of drug-likeness (QED) is 0.291. The minimum Gasteiger partial charge on any atom is -0.465 e. The number of nitrogens with two attached hydrogens (primary N) is 1. The molecule has 0 amide bonds. The highest BCUT2D eigenvalue weighted by atomic mass is 19.1. The average Bonchev–Trinajstić information content (AvgIpc) is 3.57. The lowest BCUT2D eigenvalue weighted by atomic mass is 9.33. The normalized spacial score (nSPS) is 48.7. The number of halogens is 1. The van der Waals surface area contributed by atoms with Gasteiger partial charge in [-0.25, -0.2) is 9.18 Å². The summed E-state index contributed by atoms with van der Waals surface area (Å²) in [5, 5.41) is 0. The molecule has 5 fully saturated rings. The number of esters is 1.